The second-order valence-electron chi connectivity index (χ2n) is 8.94. The quantitative estimate of drug-likeness (QED) is 0.545. The Morgan fingerprint density at radius 3 is 2.60 bits per heavy atom. The number of esters is 2. The van der Waals surface area contributed by atoms with Crippen LogP contribution in [0.2, 0.25) is 0 Å². The van der Waals surface area contributed by atoms with Crippen molar-refractivity contribution >= 4 is 11.9 Å². The van der Waals surface area contributed by atoms with Crippen molar-refractivity contribution in [1.29, 1.82) is 0 Å². The van der Waals surface area contributed by atoms with E-state index in [1.807, 2.05) is 0 Å². The molecule has 0 aromatic carbocycles. The third kappa shape index (κ3) is 3.35. The van der Waals surface area contributed by atoms with Crippen molar-refractivity contribution in [1.82, 2.24) is 0 Å². The summed E-state index contributed by atoms with van der Waals surface area (Å²) < 4.78 is 16.8. The highest BCUT2D eigenvalue weighted by atomic mass is 16.6. The number of rotatable bonds is 6. The average molecular weight is 348 g/mol. The molecule has 4 aliphatic carbocycles. The molecule has 5 aliphatic rings. The van der Waals surface area contributed by atoms with Crippen LogP contribution in [0, 0.1) is 17.3 Å². The van der Waals surface area contributed by atoms with Crippen molar-refractivity contribution in [2.75, 3.05) is 13.2 Å². The van der Waals surface area contributed by atoms with Crippen LogP contribution < -0.4 is 0 Å². The van der Waals surface area contributed by atoms with Gasteiger partial charge in [-0.2, -0.15) is 0 Å². The summed E-state index contributed by atoms with van der Waals surface area (Å²) >= 11 is 0. The summed E-state index contributed by atoms with van der Waals surface area (Å²) in [6.45, 7) is 6.50. The first kappa shape index (κ1) is 17.1. The summed E-state index contributed by atoms with van der Waals surface area (Å²) in [6, 6.07) is 0. The lowest BCUT2D eigenvalue weighted by Crippen LogP contribution is -2.57. The molecular formula is C20H28O5. The van der Waals surface area contributed by atoms with Crippen molar-refractivity contribution in [3.8, 4) is 0 Å². The number of hydrogen-bond donors (Lipinski definition) is 0. The van der Waals surface area contributed by atoms with E-state index < -0.39 is 0 Å². The van der Waals surface area contributed by atoms with Crippen LogP contribution in [0.25, 0.3) is 0 Å². The van der Waals surface area contributed by atoms with E-state index in [2.05, 4.69) is 6.58 Å². The molecule has 25 heavy (non-hydrogen) atoms. The van der Waals surface area contributed by atoms with Crippen LogP contribution in [0.5, 0.6) is 0 Å². The zero-order chi connectivity index (χ0) is 17.7. The van der Waals surface area contributed by atoms with E-state index in [0.29, 0.717) is 37.0 Å². The minimum atomic E-state index is -0.285. The predicted molar refractivity (Wildman–Crippen MR) is 90.7 cm³/mol. The molecule has 5 fully saturated rings. The maximum absolute atomic E-state index is 12.2. The molecule has 0 N–H and O–H groups in total. The Bertz CT molecular complexity index is 581. The number of hydrogen-bond acceptors (Lipinski definition) is 5. The summed E-state index contributed by atoms with van der Waals surface area (Å²) in [5, 5.41) is 0. The Morgan fingerprint density at radius 2 is 2.00 bits per heavy atom. The molecule has 4 bridgehead atoms. The Morgan fingerprint density at radius 1 is 1.28 bits per heavy atom. The maximum atomic E-state index is 12.2. The topological polar surface area (TPSA) is 61.8 Å². The average Bonchev–Trinajstić information content (AvgIpc) is 2.90. The first-order valence-electron chi connectivity index (χ1n) is 9.53. The minimum Gasteiger partial charge on any atom is -0.463 e. The Balaban J connectivity index is 1.40. The van der Waals surface area contributed by atoms with Gasteiger partial charge in [0.1, 0.15) is 18.3 Å². The van der Waals surface area contributed by atoms with Crippen LogP contribution in [-0.4, -0.2) is 36.9 Å². The molecule has 3 unspecified atom stereocenters. The number of carbonyl (C=O) groups excluding carboxylic acids is 2. The van der Waals surface area contributed by atoms with E-state index in [1.165, 1.54) is 19.3 Å². The van der Waals surface area contributed by atoms with Crippen LogP contribution in [0.1, 0.15) is 58.3 Å². The zero-order valence-corrected chi connectivity index (χ0v) is 15.1. The van der Waals surface area contributed by atoms with Gasteiger partial charge in [0.2, 0.25) is 0 Å². The summed E-state index contributed by atoms with van der Waals surface area (Å²) in [4.78, 5) is 23.3. The molecule has 1 saturated heterocycles. The first-order valence-corrected chi connectivity index (χ1v) is 9.53. The lowest BCUT2D eigenvalue weighted by Gasteiger charge is -2.61. The van der Waals surface area contributed by atoms with Crippen LogP contribution in [0.4, 0.5) is 0 Å². The fourth-order valence-electron chi connectivity index (χ4n) is 6.10. The van der Waals surface area contributed by atoms with Gasteiger partial charge in [0.15, 0.2) is 0 Å². The van der Waals surface area contributed by atoms with Gasteiger partial charge in [0.25, 0.3) is 0 Å². The van der Waals surface area contributed by atoms with Gasteiger partial charge in [-0.1, -0.05) is 6.58 Å². The second-order valence-corrected chi connectivity index (χ2v) is 8.94. The van der Waals surface area contributed by atoms with Gasteiger partial charge in [-0.05, 0) is 69.1 Å². The molecule has 5 nitrogen and oxygen atoms in total. The second kappa shape index (κ2) is 6.11. The molecule has 0 amide bonds. The van der Waals surface area contributed by atoms with Crippen molar-refractivity contribution in [2.24, 2.45) is 17.3 Å². The molecule has 5 heteroatoms. The van der Waals surface area contributed by atoms with E-state index in [4.69, 9.17) is 14.2 Å². The molecule has 138 valence electrons. The third-order valence-corrected chi connectivity index (χ3v) is 6.60. The lowest BCUT2D eigenvalue weighted by atomic mass is 9.47. The fraction of sp³-hybridized carbons (Fsp3) is 0.800. The van der Waals surface area contributed by atoms with Crippen LogP contribution >= 0.6 is 0 Å². The van der Waals surface area contributed by atoms with Crippen LogP contribution in [-0.2, 0) is 23.8 Å². The van der Waals surface area contributed by atoms with E-state index >= 15 is 0 Å². The van der Waals surface area contributed by atoms with Gasteiger partial charge in [-0.15, -0.1) is 0 Å². The normalized spacial score (nSPS) is 41.6. The van der Waals surface area contributed by atoms with Crippen molar-refractivity contribution < 1.29 is 23.8 Å². The molecular weight excluding hydrogens is 320 g/mol. The van der Waals surface area contributed by atoms with Gasteiger partial charge in [0, 0.05) is 12.2 Å². The molecule has 5 rings (SSSR count). The Hall–Kier alpha value is -1.36. The van der Waals surface area contributed by atoms with Crippen molar-refractivity contribution in [3.63, 3.8) is 0 Å². The molecule has 0 aromatic heterocycles. The van der Waals surface area contributed by atoms with Crippen LogP contribution in [0.3, 0.4) is 0 Å². The van der Waals surface area contributed by atoms with E-state index in [1.54, 1.807) is 6.92 Å². The molecule has 4 saturated carbocycles. The number of carbonyl (C=O) groups is 2. The Labute approximate surface area is 149 Å². The predicted octanol–water partition coefficient (Wildman–Crippen LogP) is 3.17. The molecule has 1 heterocycles. The van der Waals surface area contributed by atoms with Crippen molar-refractivity contribution in [2.45, 2.75) is 70.0 Å². The summed E-state index contributed by atoms with van der Waals surface area (Å²) in [7, 11) is 0. The van der Waals surface area contributed by atoms with E-state index in [0.717, 1.165) is 25.7 Å². The third-order valence-electron chi connectivity index (χ3n) is 6.60. The van der Waals surface area contributed by atoms with Gasteiger partial charge in [-0.3, -0.25) is 4.79 Å². The minimum absolute atomic E-state index is 0.0865. The largest absolute Gasteiger partial charge is 0.463 e. The molecule has 1 aliphatic heterocycles. The number of cyclic esters (lactones) is 1. The molecule has 0 radical (unpaired) electrons. The summed E-state index contributed by atoms with van der Waals surface area (Å²) in [5.41, 5.74) is 0.425. The number of ether oxygens (including phenoxy) is 3. The van der Waals surface area contributed by atoms with E-state index in [9.17, 15) is 9.59 Å². The fourth-order valence-corrected chi connectivity index (χ4v) is 6.10. The van der Waals surface area contributed by atoms with Gasteiger partial charge in [0.05, 0.1) is 6.42 Å². The smallest absolute Gasteiger partial charge is 0.333 e. The Kier molecular flexibility index (Phi) is 4.18. The zero-order valence-electron chi connectivity index (χ0n) is 15.1. The first-order chi connectivity index (χ1) is 11.9. The van der Waals surface area contributed by atoms with Gasteiger partial charge in [-0.25, -0.2) is 4.79 Å². The molecule has 0 aromatic rings. The monoisotopic (exact) mass is 348 g/mol. The highest BCUT2D eigenvalue weighted by molar-refractivity contribution is 5.87. The molecule has 3 atom stereocenters. The molecule has 0 spiro atoms. The maximum Gasteiger partial charge on any atom is 0.333 e. The summed E-state index contributed by atoms with van der Waals surface area (Å²) in [6.07, 6.45) is 7.96. The highest BCUT2D eigenvalue weighted by Gasteiger charge is 2.59. The van der Waals surface area contributed by atoms with Crippen molar-refractivity contribution in [3.05, 3.63) is 12.2 Å². The standard InChI is InChI=1S/C20H28O5/c1-13(2)18(22)25-20-9-14-5-15(10-20)8-19(7-14,12-20)3-4-23-16-6-17(21)24-11-16/h14-16H,1,3-12H2,2H3. The van der Waals surface area contributed by atoms with Gasteiger partial charge < -0.3 is 14.2 Å². The van der Waals surface area contributed by atoms with Gasteiger partial charge >= 0.3 is 11.9 Å². The van der Waals surface area contributed by atoms with Crippen LogP contribution in [0.15, 0.2) is 12.2 Å². The van der Waals surface area contributed by atoms with E-state index in [-0.39, 0.29) is 29.1 Å². The SMILES string of the molecule is C=C(C)C(=O)OC12CC3CC(CC(CCOC4COC(=O)C4)(C3)C1)C2. The summed E-state index contributed by atoms with van der Waals surface area (Å²) in [5.74, 6) is 0.923. The lowest BCUT2D eigenvalue weighted by molar-refractivity contribution is -0.201. The highest BCUT2D eigenvalue weighted by Crippen LogP contribution is 2.64.